The fourth-order valence-corrected chi connectivity index (χ4v) is 3.64. The molecule has 41 heavy (non-hydrogen) atoms. The molecule has 0 aromatic heterocycles. The van der Waals surface area contributed by atoms with Crippen molar-refractivity contribution in [3.8, 4) is 34.1 Å². The highest BCUT2D eigenvalue weighted by atomic mass is 19.2. The molecule has 0 radical (unpaired) electrons. The van der Waals surface area contributed by atoms with E-state index in [1.165, 1.54) is 54.6 Å². The normalized spacial score (nSPS) is 10.8. The van der Waals surface area contributed by atoms with Gasteiger partial charge in [-0.15, -0.1) is 0 Å². The predicted octanol–water partition coefficient (Wildman–Crippen LogP) is 5.36. The van der Waals surface area contributed by atoms with Crippen LogP contribution in [0.5, 0.6) is 23.0 Å². The lowest BCUT2D eigenvalue weighted by molar-refractivity contribution is 0.0715. The van der Waals surface area contributed by atoms with Gasteiger partial charge in [-0.1, -0.05) is 24.3 Å². The van der Waals surface area contributed by atoms with Crippen LogP contribution in [-0.4, -0.2) is 30.2 Å². The van der Waals surface area contributed by atoms with Crippen molar-refractivity contribution in [1.29, 1.82) is 0 Å². The molecule has 12 heteroatoms. The Balaban J connectivity index is 1.44. The summed E-state index contributed by atoms with van der Waals surface area (Å²) in [5, 5.41) is 9.72. The number of esters is 2. The largest absolute Gasteiger partial charge is 0.508 e. The molecule has 0 fully saturated rings. The molecule has 4 rings (SSSR count). The van der Waals surface area contributed by atoms with Crippen molar-refractivity contribution < 1.29 is 46.5 Å². The first-order valence-electron chi connectivity index (χ1n) is 12.0. The molecule has 212 valence electrons. The number of hydrogen-bond acceptors (Lipinski definition) is 8. The molecule has 0 bridgehead atoms. The number of benzene rings is 4. The van der Waals surface area contributed by atoms with Gasteiger partial charge in [-0.05, 0) is 60.5 Å². The summed E-state index contributed by atoms with van der Waals surface area (Å²) in [4.78, 5) is 24.9. The van der Waals surface area contributed by atoms with Crippen LogP contribution in [0.15, 0.2) is 66.7 Å². The fourth-order valence-electron chi connectivity index (χ4n) is 3.64. The first kappa shape index (κ1) is 28.9. The van der Waals surface area contributed by atoms with Gasteiger partial charge in [-0.25, -0.2) is 27.2 Å². The summed E-state index contributed by atoms with van der Waals surface area (Å²) in [6.07, 6.45) is 0.550. The van der Waals surface area contributed by atoms with Gasteiger partial charge >= 0.3 is 11.9 Å². The minimum absolute atomic E-state index is 0.0817. The highest BCUT2D eigenvalue weighted by molar-refractivity contribution is 5.94. The van der Waals surface area contributed by atoms with Gasteiger partial charge in [0.2, 0.25) is 0 Å². The van der Waals surface area contributed by atoms with Crippen LogP contribution in [0.3, 0.4) is 0 Å². The van der Waals surface area contributed by atoms with Crippen LogP contribution in [-0.2, 0) is 0 Å². The Kier molecular flexibility index (Phi) is 8.73. The third-order valence-corrected chi connectivity index (χ3v) is 5.76. The summed E-state index contributed by atoms with van der Waals surface area (Å²) in [6.45, 7) is 0.643. The van der Waals surface area contributed by atoms with E-state index in [0.29, 0.717) is 24.1 Å². The van der Waals surface area contributed by atoms with Crippen molar-refractivity contribution in [3.63, 3.8) is 0 Å². The van der Waals surface area contributed by atoms with Crippen LogP contribution in [0.25, 0.3) is 11.1 Å². The smallest absolute Gasteiger partial charge is 0.349 e. The van der Waals surface area contributed by atoms with Gasteiger partial charge in [0.1, 0.15) is 39.8 Å². The average molecular weight is 570 g/mol. The maximum atomic E-state index is 14.0. The number of carbonyl (C=O) groups is 2. The van der Waals surface area contributed by atoms with Crippen LogP contribution >= 0.6 is 0 Å². The standard InChI is InChI=1S/C29H22F4N2O6/c30-23-22(24(31)26(33)27(35)25(23)32)29(38)41-19-9-4-16(5-10-19)15-2-7-18(8-3-15)40-28(37)20-11-6-17(36)14-21(20)39-13-1-12-34/h2-11,14,36H,1,12-13,34-35H2. The Morgan fingerprint density at radius 1 is 0.732 bits per heavy atom. The van der Waals surface area contributed by atoms with E-state index in [9.17, 15) is 32.3 Å². The number of carbonyl (C=O) groups excluding carboxylic acids is 2. The Labute approximate surface area is 230 Å². The zero-order valence-corrected chi connectivity index (χ0v) is 21.1. The van der Waals surface area contributed by atoms with Crippen LogP contribution in [0, 0.1) is 23.3 Å². The number of nitrogen functional groups attached to an aromatic ring is 1. The van der Waals surface area contributed by atoms with Gasteiger partial charge in [0.05, 0.1) is 6.61 Å². The van der Waals surface area contributed by atoms with Crippen LogP contribution < -0.4 is 25.7 Å². The third kappa shape index (κ3) is 6.39. The number of halogens is 4. The summed E-state index contributed by atoms with van der Waals surface area (Å²) in [7, 11) is 0. The molecule has 0 aliphatic heterocycles. The molecule has 5 N–H and O–H groups in total. The Hall–Kier alpha value is -5.10. The van der Waals surface area contributed by atoms with Crippen molar-refractivity contribution >= 4 is 17.6 Å². The first-order chi connectivity index (χ1) is 19.6. The maximum Gasteiger partial charge on any atom is 0.349 e. The molecule has 0 atom stereocenters. The van der Waals surface area contributed by atoms with E-state index in [2.05, 4.69) is 0 Å². The molecular formula is C29H22F4N2O6. The molecule has 0 amide bonds. The first-order valence-corrected chi connectivity index (χ1v) is 12.0. The van der Waals surface area contributed by atoms with E-state index in [4.69, 9.17) is 25.7 Å². The number of anilines is 1. The highest BCUT2D eigenvalue weighted by Gasteiger charge is 2.29. The van der Waals surface area contributed by atoms with Crippen LogP contribution in [0.4, 0.5) is 23.2 Å². The van der Waals surface area contributed by atoms with Crippen LogP contribution in [0.1, 0.15) is 27.1 Å². The van der Waals surface area contributed by atoms with Gasteiger partial charge < -0.3 is 30.8 Å². The Morgan fingerprint density at radius 2 is 1.24 bits per heavy atom. The summed E-state index contributed by atoms with van der Waals surface area (Å²) >= 11 is 0. The Morgan fingerprint density at radius 3 is 1.76 bits per heavy atom. The van der Waals surface area contributed by atoms with Crippen LogP contribution in [0.2, 0.25) is 0 Å². The molecule has 0 spiro atoms. The monoisotopic (exact) mass is 570 g/mol. The molecule has 8 nitrogen and oxygen atoms in total. The summed E-state index contributed by atoms with van der Waals surface area (Å²) < 4.78 is 71.3. The number of rotatable bonds is 9. The predicted molar refractivity (Wildman–Crippen MR) is 140 cm³/mol. The van der Waals surface area contributed by atoms with E-state index < -0.39 is 46.5 Å². The lowest BCUT2D eigenvalue weighted by Gasteiger charge is -2.12. The van der Waals surface area contributed by atoms with E-state index in [1.807, 2.05) is 0 Å². The van der Waals surface area contributed by atoms with Gasteiger partial charge in [0.25, 0.3) is 0 Å². The topological polar surface area (TPSA) is 134 Å². The highest BCUT2D eigenvalue weighted by Crippen LogP contribution is 2.30. The van der Waals surface area contributed by atoms with Gasteiger partial charge in [0.15, 0.2) is 23.3 Å². The molecule has 0 saturated carbocycles. The number of phenols is 1. The number of phenolic OH excluding ortho intramolecular Hbond substituents is 1. The minimum atomic E-state index is -1.97. The average Bonchev–Trinajstić information content (AvgIpc) is 2.96. The van der Waals surface area contributed by atoms with Crippen molar-refractivity contribution in [2.75, 3.05) is 18.9 Å². The molecule has 0 unspecified atom stereocenters. The quantitative estimate of drug-likeness (QED) is 0.0611. The van der Waals surface area contributed by atoms with Crippen molar-refractivity contribution in [1.82, 2.24) is 0 Å². The number of nitrogens with two attached hydrogens (primary N) is 2. The third-order valence-electron chi connectivity index (χ3n) is 5.76. The van der Waals surface area contributed by atoms with E-state index in [-0.39, 0.29) is 35.2 Å². The zero-order valence-electron chi connectivity index (χ0n) is 21.1. The summed E-state index contributed by atoms with van der Waals surface area (Å²) in [5.41, 5.74) is 8.86. The van der Waals surface area contributed by atoms with E-state index in [1.54, 1.807) is 12.1 Å². The second kappa shape index (κ2) is 12.4. The summed E-state index contributed by atoms with van der Waals surface area (Å²) in [5.74, 6) is -9.97. The maximum absolute atomic E-state index is 14.0. The molecule has 0 aliphatic rings. The number of aromatic hydroxyl groups is 1. The van der Waals surface area contributed by atoms with Gasteiger partial charge in [-0.2, -0.15) is 0 Å². The second-order valence-electron chi connectivity index (χ2n) is 8.54. The number of hydrogen-bond donors (Lipinski definition) is 3. The lowest BCUT2D eigenvalue weighted by atomic mass is 10.1. The lowest BCUT2D eigenvalue weighted by Crippen LogP contribution is -2.17. The second-order valence-corrected chi connectivity index (χ2v) is 8.54. The van der Waals surface area contributed by atoms with E-state index >= 15 is 0 Å². The van der Waals surface area contributed by atoms with E-state index in [0.717, 1.165) is 0 Å². The van der Waals surface area contributed by atoms with Gasteiger partial charge in [-0.3, -0.25) is 0 Å². The molecule has 0 heterocycles. The van der Waals surface area contributed by atoms with Crippen molar-refractivity contribution in [2.45, 2.75) is 6.42 Å². The summed E-state index contributed by atoms with van der Waals surface area (Å²) in [6, 6.07) is 16.0. The van der Waals surface area contributed by atoms with Crippen molar-refractivity contribution in [2.24, 2.45) is 5.73 Å². The number of ether oxygens (including phenoxy) is 3. The molecule has 4 aromatic carbocycles. The molecular weight excluding hydrogens is 548 g/mol. The van der Waals surface area contributed by atoms with Gasteiger partial charge in [0, 0.05) is 6.07 Å². The fraction of sp³-hybridized carbons (Fsp3) is 0.103. The minimum Gasteiger partial charge on any atom is -0.508 e. The zero-order chi connectivity index (χ0) is 29.7. The SMILES string of the molecule is NCCCOc1cc(O)ccc1C(=O)Oc1ccc(-c2ccc(OC(=O)c3c(F)c(F)c(N)c(F)c3F)cc2)cc1. The Bertz CT molecular complexity index is 1570. The molecule has 0 aliphatic carbocycles. The molecule has 4 aromatic rings. The molecule has 0 saturated heterocycles. The van der Waals surface area contributed by atoms with Crippen molar-refractivity contribution in [3.05, 3.63) is 101 Å².